The van der Waals surface area contributed by atoms with E-state index < -0.39 is 12.0 Å². The van der Waals surface area contributed by atoms with Crippen LogP contribution >= 0.6 is 23.2 Å². The fourth-order valence-corrected chi connectivity index (χ4v) is 5.40. The number of para-hydroxylation sites is 1. The van der Waals surface area contributed by atoms with E-state index >= 15 is 0 Å². The lowest BCUT2D eigenvalue weighted by atomic mass is 9.96. The zero-order valence-electron chi connectivity index (χ0n) is 24.0. The Kier molecular flexibility index (Phi) is 9.46. The molecular weight excluding hydrogens is 563 g/mol. The van der Waals surface area contributed by atoms with Gasteiger partial charge in [-0.15, -0.1) is 0 Å². The van der Waals surface area contributed by atoms with Gasteiger partial charge < -0.3 is 23.9 Å². The number of aromatic nitrogens is 3. The number of carbonyl (C=O) groups is 1. The molecule has 0 saturated carbocycles. The first kappa shape index (κ1) is 30.2. The van der Waals surface area contributed by atoms with Crippen LogP contribution in [0, 0.1) is 6.92 Å². The third-order valence-corrected chi connectivity index (χ3v) is 7.30. The number of hydrogen-bond acceptors (Lipinski definition) is 6. The Morgan fingerprint density at radius 1 is 1.10 bits per heavy atom. The van der Waals surface area contributed by atoms with Crippen molar-refractivity contribution in [1.82, 2.24) is 14.1 Å². The maximum absolute atomic E-state index is 13.5. The van der Waals surface area contributed by atoms with Crippen molar-refractivity contribution < 1.29 is 14.3 Å². The first-order chi connectivity index (χ1) is 19.6. The predicted octanol–water partition coefficient (Wildman–Crippen LogP) is 7.31. The maximum Gasteiger partial charge on any atom is 0.358 e. The minimum atomic E-state index is -0.607. The fraction of sp³-hybridized carbons (Fsp3) is 0.323. The highest BCUT2D eigenvalue weighted by atomic mass is 35.5. The molecule has 0 saturated heterocycles. The average Bonchev–Trinajstić information content (AvgIpc) is 3.34. The van der Waals surface area contributed by atoms with Gasteiger partial charge in [0.05, 0.1) is 36.7 Å². The molecule has 0 aliphatic rings. The average molecular weight is 598 g/mol. The molecule has 2 heterocycles. The van der Waals surface area contributed by atoms with Gasteiger partial charge in [-0.2, -0.15) is 0 Å². The lowest BCUT2D eigenvalue weighted by Gasteiger charge is -2.27. The van der Waals surface area contributed by atoms with E-state index in [2.05, 4.69) is 5.32 Å². The van der Waals surface area contributed by atoms with Crippen molar-refractivity contribution >= 4 is 34.9 Å². The number of ether oxygens (including phenoxy) is 2. The second kappa shape index (κ2) is 12.8. The summed E-state index contributed by atoms with van der Waals surface area (Å²) in [6.45, 7) is 10.3. The summed E-state index contributed by atoms with van der Waals surface area (Å²) in [4.78, 5) is 31.0. The highest BCUT2D eigenvalue weighted by Crippen LogP contribution is 2.39. The Morgan fingerprint density at radius 2 is 1.83 bits per heavy atom. The van der Waals surface area contributed by atoms with Gasteiger partial charge >= 0.3 is 5.97 Å². The first-order valence-corrected chi connectivity index (χ1v) is 14.2. The molecule has 0 spiro atoms. The Hall–Kier alpha value is -3.75. The summed E-state index contributed by atoms with van der Waals surface area (Å²) in [5.41, 5.74) is 3.57. The number of nitrogens with one attached hydrogen (secondary N) is 1. The van der Waals surface area contributed by atoms with E-state index in [1.807, 2.05) is 68.7 Å². The number of hydrogen-bond donors (Lipinski definition) is 1. The number of anilines is 1. The normalized spacial score (nSPS) is 11.9. The fourth-order valence-electron chi connectivity index (χ4n) is 4.95. The molecule has 2 aromatic carbocycles. The van der Waals surface area contributed by atoms with Crippen molar-refractivity contribution in [3.05, 3.63) is 97.6 Å². The van der Waals surface area contributed by atoms with Crippen LogP contribution in [0.2, 0.25) is 10.0 Å². The molecule has 4 rings (SSSR count). The molecular formula is C31H34Cl2N4O4. The SMILES string of the molecule is CCOC(=O)c1nc(-c2ccccc2OC)n(C(C)C)c1C(Nc1cc(Cl)c(=O)n(CC)c1)c1ccc(Cl)cc1C. The van der Waals surface area contributed by atoms with E-state index in [0.29, 0.717) is 34.5 Å². The summed E-state index contributed by atoms with van der Waals surface area (Å²) < 4.78 is 14.7. The van der Waals surface area contributed by atoms with Crippen molar-refractivity contribution in [3.63, 3.8) is 0 Å². The Bertz CT molecular complexity index is 1630. The topological polar surface area (TPSA) is 87.4 Å². The van der Waals surface area contributed by atoms with Gasteiger partial charge in [0.2, 0.25) is 0 Å². The van der Waals surface area contributed by atoms with Gasteiger partial charge in [0.25, 0.3) is 5.56 Å². The number of imidazole rings is 1. The van der Waals surface area contributed by atoms with Gasteiger partial charge in [-0.3, -0.25) is 4.79 Å². The number of pyridine rings is 1. The monoisotopic (exact) mass is 596 g/mol. The van der Waals surface area contributed by atoms with Crippen LogP contribution in [0.1, 0.15) is 67.1 Å². The van der Waals surface area contributed by atoms with E-state index in [-0.39, 0.29) is 28.9 Å². The van der Waals surface area contributed by atoms with Crippen molar-refractivity contribution in [1.29, 1.82) is 0 Å². The third kappa shape index (κ3) is 6.14. The first-order valence-electron chi connectivity index (χ1n) is 13.5. The van der Waals surface area contributed by atoms with Crippen LogP contribution in [0.4, 0.5) is 5.69 Å². The van der Waals surface area contributed by atoms with Crippen molar-refractivity contribution in [2.75, 3.05) is 19.0 Å². The lowest BCUT2D eigenvalue weighted by molar-refractivity contribution is 0.0518. The largest absolute Gasteiger partial charge is 0.496 e. The molecule has 10 heteroatoms. The molecule has 1 N–H and O–H groups in total. The summed E-state index contributed by atoms with van der Waals surface area (Å²) in [5, 5.41) is 4.23. The minimum absolute atomic E-state index is 0.0844. The van der Waals surface area contributed by atoms with Crippen molar-refractivity contribution in [2.24, 2.45) is 0 Å². The zero-order valence-corrected chi connectivity index (χ0v) is 25.5. The third-order valence-electron chi connectivity index (χ3n) is 6.79. The predicted molar refractivity (Wildman–Crippen MR) is 164 cm³/mol. The standard InChI is InChI=1S/C31H34Cl2N4O4/c1-7-36-17-21(16-24(33)30(36)38)34-26(22-14-13-20(32)15-19(22)5)28-27(31(39)41-8-2)35-29(37(28)18(3)4)23-11-9-10-12-25(23)40-6/h9-18,26,34H,7-8H2,1-6H3. The van der Waals surface area contributed by atoms with Crippen LogP contribution < -0.4 is 15.6 Å². The second-order valence-electron chi connectivity index (χ2n) is 9.80. The number of methoxy groups -OCH3 is 1. The summed E-state index contributed by atoms with van der Waals surface area (Å²) >= 11 is 12.7. The number of nitrogens with zero attached hydrogens (tertiary/aromatic N) is 3. The minimum Gasteiger partial charge on any atom is -0.496 e. The van der Waals surface area contributed by atoms with Crippen LogP contribution in [0.3, 0.4) is 0 Å². The molecule has 4 aromatic rings. The number of benzene rings is 2. The number of aryl methyl sites for hydroxylation is 2. The van der Waals surface area contributed by atoms with Gasteiger partial charge in [0, 0.05) is 23.8 Å². The van der Waals surface area contributed by atoms with Crippen LogP contribution in [0.15, 0.2) is 59.5 Å². The van der Waals surface area contributed by atoms with Crippen molar-refractivity contribution in [3.8, 4) is 17.1 Å². The van der Waals surface area contributed by atoms with Crippen LogP contribution in [-0.2, 0) is 11.3 Å². The van der Waals surface area contributed by atoms with Gasteiger partial charge in [-0.25, -0.2) is 9.78 Å². The summed E-state index contributed by atoms with van der Waals surface area (Å²) in [7, 11) is 1.60. The Balaban J connectivity index is 2.08. The van der Waals surface area contributed by atoms with Crippen LogP contribution in [-0.4, -0.2) is 33.8 Å². The van der Waals surface area contributed by atoms with Crippen LogP contribution in [0.25, 0.3) is 11.4 Å². The number of rotatable bonds is 10. The molecule has 0 amide bonds. The highest BCUT2D eigenvalue weighted by Gasteiger charge is 2.33. The molecule has 8 nitrogen and oxygen atoms in total. The van der Waals surface area contributed by atoms with Gasteiger partial charge in [0.15, 0.2) is 5.69 Å². The molecule has 216 valence electrons. The van der Waals surface area contributed by atoms with E-state index in [1.165, 1.54) is 4.57 Å². The molecule has 0 bridgehead atoms. The Labute approximate surface area is 249 Å². The molecule has 0 radical (unpaired) electrons. The summed E-state index contributed by atoms with van der Waals surface area (Å²) in [6.07, 6.45) is 1.72. The number of halogens is 2. The maximum atomic E-state index is 13.5. The number of esters is 1. The number of carbonyl (C=O) groups excluding carboxylic acids is 1. The molecule has 0 aliphatic carbocycles. The molecule has 1 atom stereocenters. The van der Waals surface area contributed by atoms with E-state index in [4.69, 9.17) is 37.7 Å². The molecule has 41 heavy (non-hydrogen) atoms. The second-order valence-corrected chi connectivity index (χ2v) is 10.6. The summed E-state index contributed by atoms with van der Waals surface area (Å²) in [6, 6.07) is 14.0. The molecule has 0 fully saturated rings. The Morgan fingerprint density at radius 3 is 2.46 bits per heavy atom. The molecule has 0 aliphatic heterocycles. The zero-order chi connectivity index (χ0) is 29.8. The van der Waals surface area contributed by atoms with E-state index in [9.17, 15) is 9.59 Å². The van der Waals surface area contributed by atoms with E-state index in [1.54, 1.807) is 32.4 Å². The smallest absolute Gasteiger partial charge is 0.358 e. The van der Waals surface area contributed by atoms with Crippen molar-refractivity contribution in [2.45, 2.75) is 53.2 Å². The van der Waals surface area contributed by atoms with Gasteiger partial charge in [0.1, 0.15) is 16.6 Å². The lowest BCUT2D eigenvalue weighted by Crippen LogP contribution is -2.24. The summed E-state index contributed by atoms with van der Waals surface area (Å²) in [5.74, 6) is 0.633. The van der Waals surface area contributed by atoms with Crippen LogP contribution in [0.5, 0.6) is 5.75 Å². The van der Waals surface area contributed by atoms with E-state index in [0.717, 1.165) is 16.7 Å². The highest BCUT2D eigenvalue weighted by molar-refractivity contribution is 6.31. The molecule has 1 unspecified atom stereocenters. The van der Waals surface area contributed by atoms with Gasteiger partial charge in [-0.1, -0.05) is 41.4 Å². The quantitative estimate of drug-likeness (QED) is 0.193. The molecule has 2 aromatic heterocycles. The van der Waals surface area contributed by atoms with Gasteiger partial charge in [-0.05, 0) is 76.1 Å².